The van der Waals surface area contributed by atoms with Crippen LogP contribution >= 0.6 is 11.6 Å². The number of nitrogens with one attached hydrogen (secondary N) is 2. The fourth-order valence-electron chi connectivity index (χ4n) is 2.57. The number of hydrogen-bond acceptors (Lipinski definition) is 7. The Hall–Kier alpha value is -3.19. The second-order valence-corrected chi connectivity index (χ2v) is 6.30. The van der Waals surface area contributed by atoms with Gasteiger partial charge in [0.15, 0.2) is 5.82 Å². The fraction of sp³-hybridized carbons (Fsp3) is 0.200. The summed E-state index contributed by atoms with van der Waals surface area (Å²) in [4.78, 5) is 16.5. The zero-order valence-corrected chi connectivity index (χ0v) is 16.1. The Kier molecular flexibility index (Phi) is 6.75. The normalized spacial score (nSPS) is 10.4. The molecule has 0 atom stereocenters. The van der Waals surface area contributed by atoms with Gasteiger partial charge < -0.3 is 15.4 Å². The van der Waals surface area contributed by atoms with Crippen LogP contribution in [0.1, 0.15) is 22.8 Å². The maximum absolute atomic E-state index is 12.1. The summed E-state index contributed by atoms with van der Waals surface area (Å²) in [6.07, 6.45) is 2.33. The third-order valence-electron chi connectivity index (χ3n) is 3.84. The lowest BCUT2D eigenvalue weighted by atomic mass is 10.1. The van der Waals surface area contributed by atoms with E-state index in [1.165, 1.54) is 0 Å². The molecule has 1 heterocycles. The largest absolute Gasteiger partial charge is 0.462 e. The van der Waals surface area contributed by atoms with Gasteiger partial charge in [-0.15, -0.1) is 5.10 Å². The predicted molar refractivity (Wildman–Crippen MR) is 109 cm³/mol. The molecular formula is C20H20ClN5O2. The number of benzene rings is 2. The first-order chi connectivity index (χ1) is 13.7. The van der Waals surface area contributed by atoms with Gasteiger partial charge in [0.25, 0.3) is 0 Å². The van der Waals surface area contributed by atoms with E-state index in [1.807, 2.05) is 30.3 Å². The van der Waals surface area contributed by atoms with Crippen molar-refractivity contribution in [1.82, 2.24) is 15.2 Å². The van der Waals surface area contributed by atoms with Crippen LogP contribution in [0.15, 0.2) is 54.7 Å². The SMILES string of the molecule is CCOC(=O)c1ccccc1Nc1nncc(NCCc2cccc(Cl)c2)n1. The molecule has 0 aliphatic carbocycles. The molecule has 0 amide bonds. The number of hydrogen-bond donors (Lipinski definition) is 2. The molecule has 8 heteroatoms. The minimum Gasteiger partial charge on any atom is -0.462 e. The molecule has 3 aromatic rings. The van der Waals surface area contributed by atoms with Gasteiger partial charge in [-0.05, 0) is 43.2 Å². The number of carbonyl (C=O) groups is 1. The zero-order valence-electron chi connectivity index (χ0n) is 15.4. The molecule has 0 aliphatic heterocycles. The maximum atomic E-state index is 12.1. The maximum Gasteiger partial charge on any atom is 0.340 e. The molecule has 1 aromatic heterocycles. The van der Waals surface area contributed by atoms with Crippen molar-refractivity contribution in [3.63, 3.8) is 0 Å². The van der Waals surface area contributed by atoms with Crippen molar-refractivity contribution in [3.8, 4) is 0 Å². The number of rotatable bonds is 8. The molecule has 2 N–H and O–H groups in total. The highest BCUT2D eigenvalue weighted by atomic mass is 35.5. The minimum atomic E-state index is -0.408. The van der Waals surface area contributed by atoms with Gasteiger partial charge in [-0.1, -0.05) is 35.9 Å². The Morgan fingerprint density at radius 3 is 2.86 bits per heavy atom. The predicted octanol–water partition coefficient (Wildman–Crippen LogP) is 4.10. The van der Waals surface area contributed by atoms with Crippen molar-refractivity contribution in [2.75, 3.05) is 23.8 Å². The Balaban J connectivity index is 1.65. The molecular weight excluding hydrogens is 378 g/mol. The summed E-state index contributed by atoms with van der Waals surface area (Å²) in [6, 6.07) is 14.7. The number of para-hydroxylation sites is 1. The second-order valence-electron chi connectivity index (χ2n) is 5.86. The molecule has 144 valence electrons. The molecule has 0 radical (unpaired) electrons. The van der Waals surface area contributed by atoms with Crippen molar-refractivity contribution in [3.05, 3.63) is 70.9 Å². The zero-order chi connectivity index (χ0) is 19.8. The average Bonchev–Trinajstić information content (AvgIpc) is 2.69. The van der Waals surface area contributed by atoms with Gasteiger partial charge in [-0.2, -0.15) is 10.1 Å². The van der Waals surface area contributed by atoms with Crippen molar-refractivity contribution in [2.24, 2.45) is 0 Å². The molecule has 0 spiro atoms. The molecule has 7 nitrogen and oxygen atoms in total. The quantitative estimate of drug-likeness (QED) is 0.553. The van der Waals surface area contributed by atoms with Gasteiger partial charge in [0.1, 0.15) is 0 Å². The van der Waals surface area contributed by atoms with E-state index >= 15 is 0 Å². The molecule has 0 unspecified atom stereocenters. The first-order valence-corrected chi connectivity index (χ1v) is 9.24. The molecule has 28 heavy (non-hydrogen) atoms. The van der Waals surface area contributed by atoms with Crippen LogP contribution in [0.25, 0.3) is 0 Å². The highest BCUT2D eigenvalue weighted by Crippen LogP contribution is 2.20. The molecule has 0 bridgehead atoms. The van der Waals surface area contributed by atoms with E-state index in [-0.39, 0.29) is 5.95 Å². The lowest BCUT2D eigenvalue weighted by Gasteiger charge is -2.11. The first kappa shape index (κ1) is 19.6. The lowest BCUT2D eigenvalue weighted by molar-refractivity contribution is 0.0527. The summed E-state index contributed by atoms with van der Waals surface area (Å²) in [7, 11) is 0. The van der Waals surface area contributed by atoms with Gasteiger partial charge >= 0.3 is 5.97 Å². The molecule has 0 aliphatic rings. The minimum absolute atomic E-state index is 0.282. The monoisotopic (exact) mass is 397 g/mol. The smallest absolute Gasteiger partial charge is 0.340 e. The Bertz CT molecular complexity index is 951. The summed E-state index contributed by atoms with van der Waals surface area (Å²) in [5, 5.41) is 14.9. The topological polar surface area (TPSA) is 89.0 Å². The van der Waals surface area contributed by atoms with Crippen LogP contribution in [0, 0.1) is 0 Å². The van der Waals surface area contributed by atoms with Crippen molar-refractivity contribution >= 4 is 35.0 Å². The Morgan fingerprint density at radius 1 is 1.18 bits per heavy atom. The highest BCUT2D eigenvalue weighted by molar-refractivity contribution is 6.30. The van der Waals surface area contributed by atoms with Crippen LogP contribution in [0.5, 0.6) is 0 Å². The van der Waals surface area contributed by atoms with E-state index in [4.69, 9.17) is 16.3 Å². The van der Waals surface area contributed by atoms with E-state index in [1.54, 1.807) is 31.3 Å². The number of nitrogens with zero attached hydrogens (tertiary/aromatic N) is 3. The Morgan fingerprint density at radius 2 is 2.04 bits per heavy atom. The molecule has 3 rings (SSSR count). The lowest BCUT2D eigenvalue weighted by Crippen LogP contribution is -2.11. The third-order valence-corrected chi connectivity index (χ3v) is 4.07. The summed E-state index contributed by atoms with van der Waals surface area (Å²) < 4.78 is 5.08. The molecule has 0 saturated carbocycles. The molecule has 0 fully saturated rings. The number of ether oxygens (including phenoxy) is 1. The van der Waals surface area contributed by atoms with Gasteiger partial charge in [0.05, 0.1) is 24.1 Å². The second kappa shape index (κ2) is 9.66. The van der Waals surface area contributed by atoms with Crippen molar-refractivity contribution < 1.29 is 9.53 Å². The van der Waals surface area contributed by atoms with Crippen LogP contribution in [-0.2, 0) is 11.2 Å². The molecule has 2 aromatic carbocycles. The van der Waals surface area contributed by atoms with Crippen molar-refractivity contribution in [2.45, 2.75) is 13.3 Å². The number of esters is 1. The number of carbonyl (C=O) groups excluding carboxylic acids is 1. The standard InChI is InChI=1S/C20H20ClN5O2/c1-2-28-19(27)16-8-3-4-9-17(16)24-20-25-18(13-23-26-20)22-11-10-14-6-5-7-15(21)12-14/h3-9,12-13H,2,10-11H2,1H3,(H2,22,24,25,26). The van der Waals surface area contributed by atoms with Crippen LogP contribution in [0.3, 0.4) is 0 Å². The summed E-state index contributed by atoms with van der Waals surface area (Å²) in [5.74, 6) is 0.451. The van der Waals surface area contributed by atoms with E-state index in [0.717, 1.165) is 12.0 Å². The van der Waals surface area contributed by atoms with Crippen LogP contribution in [0.2, 0.25) is 5.02 Å². The third kappa shape index (κ3) is 5.40. The van der Waals surface area contributed by atoms with Crippen molar-refractivity contribution in [1.29, 1.82) is 0 Å². The number of aromatic nitrogens is 3. The summed E-state index contributed by atoms with van der Waals surface area (Å²) in [5.41, 5.74) is 2.09. The van der Waals surface area contributed by atoms with Crippen LogP contribution in [0.4, 0.5) is 17.5 Å². The van der Waals surface area contributed by atoms with Gasteiger partial charge in [0.2, 0.25) is 5.95 Å². The van der Waals surface area contributed by atoms with Gasteiger partial charge in [-0.25, -0.2) is 4.79 Å². The highest BCUT2D eigenvalue weighted by Gasteiger charge is 2.13. The Labute approximate surface area is 168 Å². The number of anilines is 3. The average molecular weight is 398 g/mol. The van der Waals surface area contributed by atoms with Gasteiger partial charge in [0, 0.05) is 11.6 Å². The summed E-state index contributed by atoms with van der Waals surface area (Å²) >= 11 is 6.00. The molecule has 0 saturated heterocycles. The van der Waals surface area contributed by atoms with Crippen LogP contribution in [-0.4, -0.2) is 34.3 Å². The first-order valence-electron chi connectivity index (χ1n) is 8.87. The fourth-order valence-corrected chi connectivity index (χ4v) is 2.78. The van der Waals surface area contributed by atoms with Crippen LogP contribution < -0.4 is 10.6 Å². The van der Waals surface area contributed by atoms with E-state index in [2.05, 4.69) is 25.8 Å². The van der Waals surface area contributed by atoms with Gasteiger partial charge in [-0.3, -0.25) is 0 Å². The summed E-state index contributed by atoms with van der Waals surface area (Å²) in [6.45, 7) is 2.73. The van der Waals surface area contributed by atoms with E-state index in [9.17, 15) is 4.79 Å². The van der Waals surface area contributed by atoms with E-state index < -0.39 is 5.97 Å². The van der Waals surface area contributed by atoms with E-state index in [0.29, 0.717) is 35.2 Å². The number of halogens is 1.